The quantitative estimate of drug-likeness (QED) is 0.407. The lowest BCUT2D eigenvalue weighted by Crippen LogP contribution is -2.39. The smallest absolute Gasteiger partial charge is 0.191 e. The van der Waals surface area contributed by atoms with E-state index in [1.165, 1.54) is 11.3 Å². The van der Waals surface area contributed by atoms with E-state index in [9.17, 15) is 5.11 Å². The lowest BCUT2D eigenvalue weighted by atomic mass is 10.3. The van der Waals surface area contributed by atoms with E-state index in [4.69, 9.17) is 16.3 Å². The Bertz CT molecular complexity index is 398. The Morgan fingerprint density at radius 2 is 2.32 bits per heavy atom. The molecule has 5 nitrogen and oxygen atoms in total. The summed E-state index contributed by atoms with van der Waals surface area (Å²) in [6, 6.07) is 3.59. The van der Waals surface area contributed by atoms with Gasteiger partial charge in [0.15, 0.2) is 5.96 Å². The van der Waals surface area contributed by atoms with Crippen LogP contribution in [0.2, 0.25) is 4.34 Å². The van der Waals surface area contributed by atoms with Gasteiger partial charge in [0, 0.05) is 25.1 Å². The van der Waals surface area contributed by atoms with E-state index in [1.807, 2.05) is 13.0 Å². The third-order valence-electron chi connectivity index (χ3n) is 2.29. The van der Waals surface area contributed by atoms with Crippen LogP contribution in [-0.2, 0) is 4.74 Å². The number of nitrogens with one attached hydrogen (secondary N) is 2. The van der Waals surface area contributed by atoms with E-state index in [2.05, 4.69) is 15.6 Å². The molecule has 1 unspecified atom stereocenters. The van der Waals surface area contributed by atoms with Gasteiger partial charge in [0.2, 0.25) is 0 Å². The van der Waals surface area contributed by atoms with Gasteiger partial charge in [-0.3, -0.25) is 4.99 Å². The molecule has 3 N–H and O–H groups in total. The van der Waals surface area contributed by atoms with Gasteiger partial charge in [0.1, 0.15) is 6.10 Å². The van der Waals surface area contributed by atoms with E-state index in [0.717, 1.165) is 11.4 Å². The number of halogens is 1. The van der Waals surface area contributed by atoms with Crippen LogP contribution >= 0.6 is 22.9 Å². The van der Waals surface area contributed by atoms with Crippen molar-refractivity contribution in [2.45, 2.75) is 13.0 Å². The van der Waals surface area contributed by atoms with Gasteiger partial charge in [0.25, 0.3) is 0 Å². The second-order valence-corrected chi connectivity index (χ2v) is 5.54. The minimum Gasteiger partial charge on any atom is -0.386 e. The topological polar surface area (TPSA) is 65.9 Å². The van der Waals surface area contributed by atoms with Gasteiger partial charge >= 0.3 is 0 Å². The first-order valence-electron chi connectivity index (χ1n) is 6.11. The number of rotatable bonds is 7. The Balaban J connectivity index is 2.49. The highest BCUT2D eigenvalue weighted by molar-refractivity contribution is 7.16. The van der Waals surface area contributed by atoms with Crippen molar-refractivity contribution in [2.75, 3.05) is 33.4 Å². The molecule has 1 aromatic heterocycles. The molecule has 0 saturated carbocycles. The lowest BCUT2D eigenvalue weighted by Gasteiger charge is -2.12. The number of aliphatic hydroxyl groups is 1. The molecule has 0 spiro atoms. The largest absolute Gasteiger partial charge is 0.386 e. The molecule has 0 aliphatic heterocycles. The number of ether oxygens (including phenoxy) is 1. The zero-order valence-electron chi connectivity index (χ0n) is 11.1. The molecule has 1 atom stereocenters. The molecule has 0 saturated heterocycles. The van der Waals surface area contributed by atoms with Gasteiger partial charge < -0.3 is 20.5 Å². The molecule has 0 aromatic carbocycles. The van der Waals surface area contributed by atoms with Gasteiger partial charge in [0.05, 0.1) is 17.5 Å². The number of nitrogens with zero attached hydrogens (tertiary/aromatic N) is 1. The standard InChI is InChI=1S/C12H20ClN3O2S/c1-3-14-12(15-6-7-18-2)16-8-9(17)10-4-5-11(13)19-10/h4-5,9,17H,3,6-8H2,1-2H3,(H2,14,15,16). The van der Waals surface area contributed by atoms with E-state index < -0.39 is 6.10 Å². The monoisotopic (exact) mass is 305 g/mol. The lowest BCUT2D eigenvalue weighted by molar-refractivity contribution is 0.190. The van der Waals surface area contributed by atoms with Crippen molar-refractivity contribution in [3.63, 3.8) is 0 Å². The average Bonchev–Trinajstić information content (AvgIpc) is 2.82. The second-order valence-electron chi connectivity index (χ2n) is 3.80. The molecule has 1 heterocycles. The summed E-state index contributed by atoms with van der Waals surface area (Å²) < 4.78 is 5.63. The molecule has 0 fully saturated rings. The Morgan fingerprint density at radius 1 is 1.53 bits per heavy atom. The molecular formula is C12H20ClN3O2S. The van der Waals surface area contributed by atoms with Crippen molar-refractivity contribution in [2.24, 2.45) is 4.99 Å². The Morgan fingerprint density at radius 3 is 2.89 bits per heavy atom. The van der Waals surface area contributed by atoms with E-state index in [1.54, 1.807) is 13.2 Å². The minimum atomic E-state index is -0.629. The van der Waals surface area contributed by atoms with Gasteiger partial charge in [-0.15, -0.1) is 11.3 Å². The zero-order chi connectivity index (χ0) is 14.1. The van der Waals surface area contributed by atoms with Gasteiger partial charge in [-0.2, -0.15) is 0 Å². The highest BCUT2D eigenvalue weighted by atomic mass is 35.5. The molecule has 0 aliphatic carbocycles. The molecule has 0 radical (unpaired) electrons. The predicted octanol–water partition coefficient (Wildman–Crippen LogP) is 1.64. The third kappa shape index (κ3) is 6.24. The van der Waals surface area contributed by atoms with Gasteiger partial charge in [-0.25, -0.2) is 0 Å². The van der Waals surface area contributed by atoms with Crippen molar-refractivity contribution in [3.8, 4) is 0 Å². The van der Waals surface area contributed by atoms with Crippen molar-refractivity contribution < 1.29 is 9.84 Å². The molecule has 19 heavy (non-hydrogen) atoms. The Hall–Kier alpha value is -0.820. The molecule has 108 valence electrons. The fourth-order valence-electron chi connectivity index (χ4n) is 1.39. The van der Waals surface area contributed by atoms with Crippen LogP contribution in [0, 0.1) is 0 Å². The molecule has 1 rings (SSSR count). The van der Waals surface area contributed by atoms with E-state index in [-0.39, 0.29) is 0 Å². The highest BCUT2D eigenvalue weighted by Crippen LogP contribution is 2.26. The number of guanidine groups is 1. The number of aliphatic hydroxyl groups excluding tert-OH is 1. The van der Waals surface area contributed by atoms with Crippen LogP contribution in [0.4, 0.5) is 0 Å². The molecular weight excluding hydrogens is 286 g/mol. The van der Waals surface area contributed by atoms with Crippen LogP contribution in [0.25, 0.3) is 0 Å². The average molecular weight is 306 g/mol. The predicted molar refractivity (Wildman–Crippen MR) is 80.1 cm³/mol. The van der Waals surface area contributed by atoms with Gasteiger partial charge in [-0.1, -0.05) is 11.6 Å². The van der Waals surface area contributed by atoms with Crippen molar-refractivity contribution in [3.05, 3.63) is 21.3 Å². The Kier molecular flexibility index (Phi) is 7.81. The Labute approximate surface area is 122 Å². The van der Waals surface area contributed by atoms with E-state index in [0.29, 0.717) is 30.0 Å². The third-order valence-corrected chi connectivity index (χ3v) is 3.62. The first-order valence-corrected chi connectivity index (χ1v) is 7.31. The summed E-state index contributed by atoms with van der Waals surface area (Å²) in [5.74, 6) is 0.668. The number of methoxy groups -OCH3 is 1. The maximum Gasteiger partial charge on any atom is 0.191 e. The second kappa shape index (κ2) is 9.14. The SMILES string of the molecule is CCNC(=NCC(O)c1ccc(Cl)s1)NCCOC. The summed E-state index contributed by atoms with van der Waals surface area (Å²) in [5, 5.41) is 16.2. The summed E-state index contributed by atoms with van der Waals surface area (Å²) in [4.78, 5) is 5.14. The van der Waals surface area contributed by atoms with Crippen molar-refractivity contribution in [1.29, 1.82) is 0 Å². The van der Waals surface area contributed by atoms with Crippen LogP contribution in [0.3, 0.4) is 0 Å². The van der Waals surface area contributed by atoms with Gasteiger partial charge in [-0.05, 0) is 19.1 Å². The first-order chi connectivity index (χ1) is 9.17. The highest BCUT2D eigenvalue weighted by Gasteiger charge is 2.10. The summed E-state index contributed by atoms with van der Waals surface area (Å²) in [6.07, 6.45) is -0.629. The number of hydrogen-bond acceptors (Lipinski definition) is 4. The maximum atomic E-state index is 9.99. The van der Waals surface area contributed by atoms with E-state index >= 15 is 0 Å². The first kappa shape index (κ1) is 16.2. The van der Waals surface area contributed by atoms with Crippen LogP contribution in [0.1, 0.15) is 17.9 Å². The summed E-state index contributed by atoms with van der Waals surface area (Å²) in [7, 11) is 1.65. The van der Waals surface area contributed by atoms with Crippen molar-refractivity contribution >= 4 is 28.9 Å². The van der Waals surface area contributed by atoms with Crippen molar-refractivity contribution in [1.82, 2.24) is 10.6 Å². The normalized spacial score (nSPS) is 13.4. The summed E-state index contributed by atoms with van der Waals surface area (Å²) in [6.45, 7) is 4.32. The van der Waals surface area contributed by atoms with Crippen LogP contribution in [0.5, 0.6) is 0 Å². The molecule has 1 aromatic rings. The number of thiophene rings is 1. The van der Waals surface area contributed by atoms with Crippen LogP contribution < -0.4 is 10.6 Å². The van der Waals surface area contributed by atoms with Crippen LogP contribution in [-0.4, -0.2) is 44.4 Å². The molecule has 0 aliphatic rings. The molecule has 7 heteroatoms. The summed E-state index contributed by atoms with van der Waals surface area (Å²) >= 11 is 7.20. The maximum absolute atomic E-state index is 9.99. The fraction of sp³-hybridized carbons (Fsp3) is 0.583. The number of hydrogen-bond donors (Lipinski definition) is 3. The summed E-state index contributed by atoms with van der Waals surface area (Å²) in [5.41, 5.74) is 0. The molecule has 0 bridgehead atoms. The molecule has 0 amide bonds. The van der Waals surface area contributed by atoms with Crippen LogP contribution in [0.15, 0.2) is 17.1 Å². The minimum absolute atomic E-state index is 0.291. The number of aliphatic imine (C=N–C) groups is 1. The zero-order valence-corrected chi connectivity index (χ0v) is 12.7. The fourth-order valence-corrected chi connectivity index (χ4v) is 2.43.